The van der Waals surface area contributed by atoms with E-state index < -0.39 is 5.82 Å². The summed E-state index contributed by atoms with van der Waals surface area (Å²) in [6.45, 7) is 5.49. The van der Waals surface area contributed by atoms with Gasteiger partial charge in [0.05, 0.1) is 5.69 Å². The van der Waals surface area contributed by atoms with E-state index in [2.05, 4.69) is 20.6 Å². The molecule has 0 aliphatic heterocycles. The molecule has 1 heterocycles. The van der Waals surface area contributed by atoms with Crippen LogP contribution in [-0.4, -0.2) is 15.9 Å². The highest BCUT2D eigenvalue weighted by Gasteiger charge is 2.10. The van der Waals surface area contributed by atoms with E-state index in [1.54, 1.807) is 24.3 Å². The van der Waals surface area contributed by atoms with E-state index >= 15 is 0 Å². The maximum atomic E-state index is 14.1. The smallest absolute Gasteiger partial charge is 0.226 e. The molecule has 0 bridgehead atoms. The minimum atomic E-state index is -0.442. The second-order valence-electron chi connectivity index (χ2n) is 5.18. The summed E-state index contributed by atoms with van der Waals surface area (Å²) in [6.07, 6.45) is 1.84. The molecule has 0 atom stereocenters. The van der Waals surface area contributed by atoms with Gasteiger partial charge in [-0.3, -0.25) is 4.79 Å². The number of hydrogen-bond acceptors (Lipinski definition) is 4. The van der Waals surface area contributed by atoms with Crippen LogP contribution >= 0.6 is 0 Å². The van der Waals surface area contributed by atoms with E-state index in [1.807, 2.05) is 20.8 Å². The quantitative estimate of drug-likeness (QED) is 0.887. The summed E-state index contributed by atoms with van der Waals surface area (Å²) in [5.41, 5.74) is 1.75. The first-order valence-electron chi connectivity index (χ1n) is 7.18. The minimum Gasteiger partial charge on any atom is -0.338 e. The fourth-order valence-corrected chi connectivity index (χ4v) is 1.80. The number of amides is 1. The summed E-state index contributed by atoms with van der Waals surface area (Å²) in [5, 5.41) is 5.71. The van der Waals surface area contributed by atoms with Crippen molar-refractivity contribution in [2.24, 2.45) is 5.92 Å². The molecule has 2 rings (SSSR count). The molecule has 0 spiro atoms. The molecule has 2 N–H and O–H groups in total. The largest absolute Gasteiger partial charge is 0.338 e. The van der Waals surface area contributed by atoms with Crippen molar-refractivity contribution in [3.63, 3.8) is 0 Å². The Kier molecular flexibility index (Phi) is 5.04. The van der Waals surface area contributed by atoms with Gasteiger partial charge < -0.3 is 10.6 Å². The predicted molar refractivity (Wildman–Crippen MR) is 84.6 cm³/mol. The number of benzene rings is 1. The van der Waals surface area contributed by atoms with Gasteiger partial charge in [0.15, 0.2) is 11.6 Å². The zero-order valence-electron chi connectivity index (χ0n) is 12.9. The summed E-state index contributed by atoms with van der Waals surface area (Å²) in [7, 11) is 0. The van der Waals surface area contributed by atoms with Crippen LogP contribution in [0.25, 0.3) is 0 Å². The van der Waals surface area contributed by atoms with Gasteiger partial charge in [0.25, 0.3) is 0 Å². The normalized spacial score (nSPS) is 10.6. The maximum Gasteiger partial charge on any atom is 0.226 e. The van der Waals surface area contributed by atoms with Crippen LogP contribution < -0.4 is 10.6 Å². The summed E-state index contributed by atoms with van der Waals surface area (Å²) >= 11 is 0. The van der Waals surface area contributed by atoms with Gasteiger partial charge in [-0.2, -0.15) is 0 Å². The molecule has 22 heavy (non-hydrogen) atoms. The van der Waals surface area contributed by atoms with Gasteiger partial charge in [0.2, 0.25) is 5.91 Å². The van der Waals surface area contributed by atoms with Crippen molar-refractivity contribution in [3.8, 4) is 0 Å². The Hall–Kier alpha value is -2.50. The van der Waals surface area contributed by atoms with Gasteiger partial charge >= 0.3 is 0 Å². The summed E-state index contributed by atoms with van der Waals surface area (Å²) in [4.78, 5) is 19.4. The summed E-state index contributed by atoms with van der Waals surface area (Å²) in [6, 6.07) is 7.01. The molecule has 0 saturated carbocycles. The molecule has 0 saturated heterocycles. The molecular weight excluding hydrogens is 283 g/mol. The van der Waals surface area contributed by atoms with Crippen molar-refractivity contribution in [1.29, 1.82) is 0 Å². The number of carbonyl (C=O) groups excluding carboxylic acids is 1. The SMILES string of the molecule is CCc1ncnc(Nc2ccc(NC(=O)C(C)C)cc2)c1F. The van der Waals surface area contributed by atoms with Gasteiger partial charge in [-0.25, -0.2) is 14.4 Å². The lowest BCUT2D eigenvalue weighted by molar-refractivity contribution is -0.118. The number of aryl methyl sites for hydroxylation is 1. The third kappa shape index (κ3) is 3.78. The van der Waals surface area contributed by atoms with Crippen LogP contribution in [-0.2, 0) is 11.2 Å². The lowest BCUT2D eigenvalue weighted by atomic mass is 10.2. The van der Waals surface area contributed by atoms with Gasteiger partial charge in [-0.15, -0.1) is 0 Å². The fourth-order valence-electron chi connectivity index (χ4n) is 1.80. The Bertz CT molecular complexity index is 656. The molecule has 1 aromatic carbocycles. The van der Waals surface area contributed by atoms with Gasteiger partial charge in [-0.1, -0.05) is 20.8 Å². The third-order valence-corrected chi connectivity index (χ3v) is 3.14. The number of halogens is 1. The summed E-state index contributed by atoms with van der Waals surface area (Å²) in [5.74, 6) is -0.427. The Morgan fingerprint density at radius 3 is 2.41 bits per heavy atom. The second-order valence-corrected chi connectivity index (χ2v) is 5.18. The number of carbonyl (C=O) groups is 1. The molecular formula is C16H19FN4O. The molecule has 2 aromatic rings. The van der Waals surface area contributed by atoms with Gasteiger partial charge in [0.1, 0.15) is 6.33 Å². The van der Waals surface area contributed by atoms with Crippen molar-refractivity contribution >= 4 is 23.1 Å². The van der Waals surface area contributed by atoms with Gasteiger partial charge in [0, 0.05) is 17.3 Å². The zero-order chi connectivity index (χ0) is 16.1. The highest BCUT2D eigenvalue weighted by molar-refractivity contribution is 5.92. The maximum absolute atomic E-state index is 14.1. The van der Waals surface area contributed by atoms with Crippen molar-refractivity contribution in [2.75, 3.05) is 10.6 Å². The number of hydrogen-bond donors (Lipinski definition) is 2. The second kappa shape index (κ2) is 6.98. The molecule has 1 amide bonds. The lowest BCUT2D eigenvalue weighted by Gasteiger charge is -2.10. The van der Waals surface area contributed by atoms with Crippen molar-refractivity contribution in [2.45, 2.75) is 27.2 Å². The van der Waals surface area contributed by atoms with E-state index in [-0.39, 0.29) is 17.6 Å². The predicted octanol–water partition coefficient (Wildman–Crippen LogP) is 3.52. The Balaban J connectivity index is 2.10. The minimum absolute atomic E-state index is 0.0462. The van der Waals surface area contributed by atoms with Crippen LogP contribution in [0.15, 0.2) is 30.6 Å². The highest BCUT2D eigenvalue weighted by Crippen LogP contribution is 2.21. The van der Waals surface area contributed by atoms with Crippen LogP contribution in [0.5, 0.6) is 0 Å². The number of nitrogens with zero attached hydrogens (tertiary/aromatic N) is 2. The van der Waals surface area contributed by atoms with Crippen LogP contribution in [0.3, 0.4) is 0 Å². The van der Waals surface area contributed by atoms with Crippen LogP contribution in [0.1, 0.15) is 26.5 Å². The monoisotopic (exact) mass is 302 g/mol. The molecule has 5 nitrogen and oxygen atoms in total. The number of rotatable bonds is 5. The molecule has 0 fully saturated rings. The van der Waals surface area contributed by atoms with E-state index in [4.69, 9.17) is 0 Å². The molecule has 1 aromatic heterocycles. The van der Waals surface area contributed by atoms with E-state index in [1.165, 1.54) is 6.33 Å². The van der Waals surface area contributed by atoms with Gasteiger partial charge in [-0.05, 0) is 30.7 Å². The first kappa shape index (κ1) is 15.9. The number of nitrogens with one attached hydrogen (secondary N) is 2. The molecule has 0 aliphatic carbocycles. The Morgan fingerprint density at radius 2 is 1.82 bits per heavy atom. The fraction of sp³-hybridized carbons (Fsp3) is 0.312. The molecule has 0 unspecified atom stereocenters. The van der Waals surface area contributed by atoms with Crippen LogP contribution in [0.4, 0.5) is 21.6 Å². The average Bonchev–Trinajstić information content (AvgIpc) is 2.51. The van der Waals surface area contributed by atoms with E-state index in [0.29, 0.717) is 23.5 Å². The standard InChI is InChI=1S/C16H19FN4O/c1-4-13-14(17)15(19-9-18-13)20-11-5-7-12(8-6-11)21-16(22)10(2)3/h5-10H,4H2,1-3H3,(H,21,22)(H,18,19,20). The van der Waals surface area contributed by atoms with E-state index in [9.17, 15) is 9.18 Å². The highest BCUT2D eigenvalue weighted by atomic mass is 19.1. The molecule has 116 valence electrons. The van der Waals surface area contributed by atoms with Crippen molar-refractivity contribution in [1.82, 2.24) is 9.97 Å². The average molecular weight is 302 g/mol. The van der Waals surface area contributed by atoms with E-state index in [0.717, 1.165) is 0 Å². The topological polar surface area (TPSA) is 66.9 Å². The molecule has 0 radical (unpaired) electrons. The van der Waals surface area contributed by atoms with Crippen molar-refractivity contribution in [3.05, 3.63) is 42.1 Å². The Morgan fingerprint density at radius 1 is 1.18 bits per heavy atom. The molecule has 6 heteroatoms. The third-order valence-electron chi connectivity index (χ3n) is 3.14. The Labute approximate surface area is 129 Å². The molecule has 0 aliphatic rings. The zero-order valence-corrected chi connectivity index (χ0v) is 12.9. The number of anilines is 3. The lowest BCUT2D eigenvalue weighted by Crippen LogP contribution is -2.17. The van der Waals surface area contributed by atoms with Crippen LogP contribution in [0.2, 0.25) is 0 Å². The first-order chi connectivity index (χ1) is 10.5. The van der Waals surface area contributed by atoms with Crippen molar-refractivity contribution < 1.29 is 9.18 Å². The van der Waals surface area contributed by atoms with Crippen LogP contribution in [0, 0.1) is 11.7 Å². The number of aromatic nitrogens is 2. The first-order valence-corrected chi connectivity index (χ1v) is 7.18. The summed E-state index contributed by atoms with van der Waals surface area (Å²) < 4.78 is 14.1.